The topological polar surface area (TPSA) is 63.2 Å². The number of aromatic nitrogens is 1. The van der Waals surface area contributed by atoms with Gasteiger partial charge in [0.05, 0.1) is 12.7 Å². The Balaban J connectivity index is 1.81. The molecule has 0 unspecified atom stereocenters. The highest BCUT2D eigenvalue weighted by Gasteiger charge is 2.05. The Kier molecular flexibility index (Phi) is 7.08. The molecule has 1 amide bonds. The molecule has 0 radical (unpaired) electrons. The van der Waals surface area contributed by atoms with Gasteiger partial charge in [0.2, 0.25) is 0 Å². The minimum atomic E-state index is -0.0692. The zero-order valence-corrected chi connectivity index (χ0v) is 14.3. The Morgan fingerprint density at radius 3 is 2.54 bits per heavy atom. The van der Waals surface area contributed by atoms with E-state index >= 15 is 0 Å². The van der Waals surface area contributed by atoms with Crippen molar-refractivity contribution in [1.82, 2.24) is 10.3 Å². The van der Waals surface area contributed by atoms with Gasteiger partial charge in [0, 0.05) is 19.3 Å². The molecule has 128 valence electrons. The second-order valence-electron chi connectivity index (χ2n) is 5.60. The Morgan fingerprint density at radius 2 is 1.92 bits per heavy atom. The van der Waals surface area contributed by atoms with Gasteiger partial charge < -0.3 is 15.4 Å². The van der Waals surface area contributed by atoms with Crippen LogP contribution in [0.15, 0.2) is 42.6 Å². The van der Waals surface area contributed by atoms with Gasteiger partial charge in [0.1, 0.15) is 11.6 Å². The average molecular weight is 327 g/mol. The third-order valence-corrected chi connectivity index (χ3v) is 3.72. The van der Waals surface area contributed by atoms with Crippen LogP contribution in [0, 0.1) is 0 Å². The van der Waals surface area contributed by atoms with Crippen molar-refractivity contribution in [3.8, 4) is 5.75 Å². The lowest BCUT2D eigenvalue weighted by molar-refractivity contribution is 0.0952. The molecule has 0 aliphatic carbocycles. The maximum absolute atomic E-state index is 12.0. The SMILES string of the molecule is CCCCCNC(=O)c1ccc(NCc2ccc(OC)cc2)nc1. The summed E-state index contributed by atoms with van der Waals surface area (Å²) in [6, 6.07) is 11.5. The number of hydrogen-bond donors (Lipinski definition) is 2. The summed E-state index contributed by atoms with van der Waals surface area (Å²) in [4.78, 5) is 16.3. The average Bonchev–Trinajstić information content (AvgIpc) is 2.64. The highest BCUT2D eigenvalue weighted by Crippen LogP contribution is 2.13. The van der Waals surface area contributed by atoms with E-state index < -0.39 is 0 Å². The van der Waals surface area contributed by atoms with Gasteiger partial charge in [-0.05, 0) is 36.2 Å². The summed E-state index contributed by atoms with van der Waals surface area (Å²) in [5, 5.41) is 6.15. The zero-order valence-electron chi connectivity index (χ0n) is 14.3. The molecule has 1 aromatic heterocycles. The third-order valence-electron chi connectivity index (χ3n) is 3.72. The predicted octanol–water partition coefficient (Wildman–Crippen LogP) is 3.62. The number of methoxy groups -OCH3 is 1. The Morgan fingerprint density at radius 1 is 1.12 bits per heavy atom. The van der Waals surface area contributed by atoms with Gasteiger partial charge in [-0.15, -0.1) is 0 Å². The molecule has 0 aliphatic heterocycles. The molecule has 0 fully saturated rings. The van der Waals surface area contributed by atoms with Gasteiger partial charge in [0.15, 0.2) is 0 Å². The molecule has 1 aromatic carbocycles. The number of ether oxygens (including phenoxy) is 1. The number of benzene rings is 1. The molecule has 0 saturated carbocycles. The van der Waals surface area contributed by atoms with Crippen LogP contribution < -0.4 is 15.4 Å². The van der Waals surface area contributed by atoms with Crippen LogP contribution in [0.1, 0.15) is 42.1 Å². The Hall–Kier alpha value is -2.56. The summed E-state index contributed by atoms with van der Waals surface area (Å²) >= 11 is 0. The van der Waals surface area contributed by atoms with E-state index in [4.69, 9.17) is 4.74 Å². The minimum absolute atomic E-state index is 0.0692. The summed E-state index contributed by atoms with van der Waals surface area (Å²) in [6.07, 6.45) is 4.89. The van der Waals surface area contributed by atoms with E-state index in [1.54, 1.807) is 19.4 Å². The maximum Gasteiger partial charge on any atom is 0.252 e. The van der Waals surface area contributed by atoms with Gasteiger partial charge in [-0.25, -0.2) is 4.98 Å². The number of amides is 1. The normalized spacial score (nSPS) is 10.2. The Labute approximate surface area is 143 Å². The van der Waals surface area contributed by atoms with Crippen LogP contribution >= 0.6 is 0 Å². The van der Waals surface area contributed by atoms with Gasteiger partial charge in [-0.2, -0.15) is 0 Å². The first-order valence-corrected chi connectivity index (χ1v) is 8.34. The predicted molar refractivity (Wildman–Crippen MR) is 96.4 cm³/mol. The van der Waals surface area contributed by atoms with E-state index in [-0.39, 0.29) is 5.91 Å². The van der Waals surface area contributed by atoms with E-state index in [0.29, 0.717) is 18.7 Å². The molecular weight excluding hydrogens is 302 g/mol. The van der Waals surface area contributed by atoms with E-state index in [0.717, 1.165) is 36.4 Å². The van der Waals surface area contributed by atoms with Crippen LogP contribution in [0.25, 0.3) is 0 Å². The number of carbonyl (C=O) groups is 1. The lowest BCUT2D eigenvalue weighted by Gasteiger charge is -2.08. The molecule has 24 heavy (non-hydrogen) atoms. The highest BCUT2D eigenvalue weighted by atomic mass is 16.5. The monoisotopic (exact) mass is 327 g/mol. The number of anilines is 1. The number of carbonyl (C=O) groups excluding carboxylic acids is 1. The number of nitrogens with one attached hydrogen (secondary N) is 2. The Bertz CT molecular complexity index is 624. The van der Waals surface area contributed by atoms with Gasteiger partial charge in [-0.3, -0.25) is 4.79 Å². The first kappa shape index (κ1) is 17.8. The number of hydrogen-bond acceptors (Lipinski definition) is 4. The standard InChI is InChI=1S/C19H25N3O2/c1-3-4-5-12-20-19(23)16-8-11-18(22-14-16)21-13-15-6-9-17(24-2)10-7-15/h6-11,14H,3-5,12-13H2,1-2H3,(H,20,23)(H,21,22). The number of nitrogens with zero attached hydrogens (tertiary/aromatic N) is 1. The molecule has 0 bridgehead atoms. The second-order valence-corrected chi connectivity index (χ2v) is 5.60. The van der Waals surface area contributed by atoms with Crippen molar-refractivity contribution in [3.63, 3.8) is 0 Å². The zero-order chi connectivity index (χ0) is 17.2. The largest absolute Gasteiger partial charge is 0.497 e. The van der Waals surface area contributed by atoms with Crippen molar-refractivity contribution < 1.29 is 9.53 Å². The molecule has 5 nitrogen and oxygen atoms in total. The third kappa shape index (κ3) is 5.57. The molecule has 0 aliphatic rings. The van der Waals surface area contributed by atoms with Crippen molar-refractivity contribution in [2.24, 2.45) is 0 Å². The molecule has 0 atom stereocenters. The van der Waals surface area contributed by atoms with Crippen LogP contribution in [-0.4, -0.2) is 24.5 Å². The fourth-order valence-electron chi connectivity index (χ4n) is 2.25. The van der Waals surface area contributed by atoms with Gasteiger partial charge in [-0.1, -0.05) is 31.9 Å². The van der Waals surface area contributed by atoms with Crippen LogP contribution in [-0.2, 0) is 6.54 Å². The fraction of sp³-hybridized carbons (Fsp3) is 0.368. The summed E-state index contributed by atoms with van der Waals surface area (Å²) < 4.78 is 5.14. The van der Waals surface area contributed by atoms with Crippen LogP contribution in [0.2, 0.25) is 0 Å². The lowest BCUT2D eigenvalue weighted by Crippen LogP contribution is -2.24. The molecule has 0 saturated heterocycles. The van der Waals surface area contributed by atoms with Crippen molar-refractivity contribution >= 4 is 11.7 Å². The van der Waals surface area contributed by atoms with Crippen LogP contribution in [0.3, 0.4) is 0 Å². The smallest absolute Gasteiger partial charge is 0.252 e. The van der Waals surface area contributed by atoms with E-state index in [1.807, 2.05) is 30.3 Å². The summed E-state index contributed by atoms with van der Waals surface area (Å²) in [6.45, 7) is 3.52. The van der Waals surface area contributed by atoms with E-state index in [9.17, 15) is 4.79 Å². The van der Waals surface area contributed by atoms with E-state index in [1.165, 1.54) is 0 Å². The molecule has 2 rings (SSSR count). The molecule has 2 aromatic rings. The first-order chi connectivity index (χ1) is 11.7. The van der Waals surface area contributed by atoms with Crippen LogP contribution in [0.5, 0.6) is 5.75 Å². The van der Waals surface area contributed by atoms with Gasteiger partial charge >= 0.3 is 0 Å². The van der Waals surface area contributed by atoms with Crippen molar-refractivity contribution in [3.05, 3.63) is 53.7 Å². The molecule has 5 heteroatoms. The second kappa shape index (κ2) is 9.55. The summed E-state index contributed by atoms with van der Waals surface area (Å²) in [5.41, 5.74) is 1.72. The van der Waals surface area contributed by atoms with Crippen molar-refractivity contribution in [1.29, 1.82) is 0 Å². The van der Waals surface area contributed by atoms with Crippen molar-refractivity contribution in [2.45, 2.75) is 32.7 Å². The highest BCUT2D eigenvalue weighted by molar-refractivity contribution is 5.94. The quantitative estimate of drug-likeness (QED) is 0.691. The fourth-order valence-corrected chi connectivity index (χ4v) is 2.25. The molecule has 0 spiro atoms. The lowest BCUT2D eigenvalue weighted by atomic mass is 10.2. The van der Waals surface area contributed by atoms with E-state index in [2.05, 4.69) is 22.5 Å². The number of unbranched alkanes of at least 4 members (excludes halogenated alkanes) is 2. The maximum atomic E-state index is 12.0. The number of pyridine rings is 1. The number of rotatable bonds is 9. The first-order valence-electron chi connectivity index (χ1n) is 8.34. The molecule has 2 N–H and O–H groups in total. The van der Waals surface area contributed by atoms with Crippen LogP contribution in [0.4, 0.5) is 5.82 Å². The minimum Gasteiger partial charge on any atom is -0.497 e. The molecule has 1 heterocycles. The molecular formula is C19H25N3O2. The summed E-state index contributed by atoms with van der Waals surface area (Å²) in [7, 11) is 1.65. The van der Waals surface area contributed by atoms with Crippen molar-refractivity contribution in [2.75, 3.05) is 19.0 Å². The summed E-state index contributed by atoms with van der Waals surface area (Å²) in [5.74, 6) is 1.51. The van der Waals surface area contributed by atoms with Gasteiger partial charge in [0.25, 0.3) is 5.91 Å².